The third-order valence-electron chi connectivity index (χ3n) is 2.91. The molecular formula is C12H15ClN2O5S. The second kappa shape index (κ2) is 6.86. The lowest BCUT2D eigenvalue weighted by Crippen LogP contribution is -2.31. The summed E-state index contributed by atoms with van der Waals surface area (Å²) in [7, 11) is -4.08. The van der Waals surface area contributed by atoms with Gasteiger partial charge in [-0.1, -0.05) is 31.9 Å². The number of nitrogens with zero attached hydrogens (tertiary/aromatic N) is 1. The van der Waals surface area contributed by atoms with Gasteiger partial charge in [0, 0.05) is 12.5 Å². The summed E-state index contributed by atoms with van der Waals surface area (Å²) >= 11 is 5.65. The Hall–Kier alpha value is -1.67. The number of hydrogen-bond acceptors (Lipinski definition) is 5. The minimum absolute atomic E-state index is 0.0562. The van der Waals surface area contributed by atoms with Gasteiger partial charge in [0.2, 0.25) is 5.91 Å². The van der Waals surface area contributed by atoms with E-state index in [9.17, 15) is 23.3 Å². The number of hydrogen-bond donors (Lipinski definition) is 1. The highest BCUT2D eigenvalue weighted by Crippen LogP contribution is 2.26. The monoisotopic (exact) mass is 334 g/mol. The van der Waals surface area contributed by atoms with Gasteiger partial charge in [0.1, 0.15) is 5.02 Å². The molecule has 21 heavy (non-hydrogen) atoms. The van der Waals surface area contributed by atoms with Gasteiger partial charge in [-0.2, -0.15) is 0 Å². The Morgan fingerprint density at radius 3 is 2.57 bits per heavy atom. The van der Waals surface area contributed by atoms with Gasteiger partial charge >= 0.3 is 0 Å². The van der Waals surface area contributed by atoms with Crippen molar-refractivity contribution < 1.29 is 18.1 Å². The van der Waals surface area contributed by atoms with Crippen LogP contribution in [0.1, 0.15) is 26.7 Å². The average Bonchev–Trinajstić information content (AvgIpc) is 2.37. The van der Waals surface area contributed by atoms with E-state index >= 15 is 0 Å². The smallest absolute Gasteiger partial charge is 0.274 e. The van der Waals surface area contributed by atoms with Crippen LogP contribution in [-0.4, -0.2) is 19.2 Å². The van der Waals surface area contributed by atoms with Gasteiger partial charge in [0.05, 0.1) is 9.82 Å². The Morgan fingerprint density at radius 1 is 1.48 bits per heavy atom. The van der Waals surface area contributed by atoms with Gasteiger partial charge < -0.3 is 0 Å². The second-order valence-electron chi connectivity index (χ2n) is 4.62. The van der Waals surface area contributed by atoms with Gasteiger partial charge in [-0.3, -0.25) is 14.9 Å². The third kappa shape index (κ3) is 4.68. The molecule has 0 heterocycles. The molecule has 0 saturated carbocycles. The number of benzene rings is 1. The lowest BCUT2D eigenvalue weighted by atomic mass is 10.1. The zero-order valence-electron chi connectivity index (χ0n) is 11.5. The Balaban J connectivity index is 2.96. The molecule has 9 heteroatoms. The van der Waals surface area contributed by atoms with Gasteiger partial charge in [-0.25, -0.2) is 13.1 Å². The fourth-order valence-corrected chi connectivity index (χ4v) is 2.85. The van der Waals surface area contributed by atoms with E-state index in [1.54, 1.807) is 0 Å². The van der Waals surface area contributed by atoms with Crippen LogP contribution in [0.25, 0.3) is 0 Å². The molecule has 0 saturated heterocycles. The van der Waals surface area contributed by atoms with Crippen molar-refractivity contribution in [2.45, 2.75) is 31.6 Å². The first-order valence-electron chi connectivity index (χ1n) is 6.17. The molecule has 116 valence electrons. The van der Waals surface area contributed by atoms with Gasteiger partial charge in [0.25, 0.3) is 15.7 Å². The van der Waals surface area contributed by atoms with Crippen LogP contribution < -0.4 is 4.72 Å². The number of nitro groups is 1. The molecule has 1 atom stereocenters. The zero-order valence-corrected chi connectivity index (χ0v) is 13.1. The fourth-order valence-electron chi connectivity index (χ4n) is 1.51. The standard InChI is InChI=1S/C12H15ClN2O5S/c1-3-8(2)6-12(16)14-21(19,20)9-4-5-11(15(17)18)10(13)7-9/h4-5,7-8H,3,6H2,1-2H3,(H,14,16)/t8-/m1/s1. The summed E-state index contributed by atoms with van der Waals surface area (Å²) in [5.74, 6) is -0.570. The number of amides is 1. The van der Waals surface area contributed by atoms with Crippen molar-refractivity contribution in [3.63, 3.8) is 0 Å². The molecule has 0 aliphatic rings. The highest BCUT2D eigenvalue weighted by Gasteiger charge is 2.22. The SMILES string of the molecule is CC[C@@H](C)CC(=O)NS(=O)(=O)c1ccc([N+](=O)[O-])c(Cl)c1. The number of carbonyl (C=O) groups excluding carboxylic acids is 1. The topological polar surface area (TPSA) is 106 Å². The molecule has 0 unspecified atom stereocenters. The van der Waals surface area contributed by atoms with E-state index in [4.69, 9.17) is 11.6 Å². The van der Waals surface area contributed by atoms with Crippen molar-refractivity contribution in [2.75, 3.05) is 0 Å². The van der Waals surface area contributed by atoms with Gasteiger partial charge in [0.15, 0.2) is 0 Å². The second-order valence-corrected chi connectivity index (χ2v) is 6.71. The summed E-state index contributed by atoms with van der Waals surface area (Å²) < 4.78 is 25.9. The number of rotatable bonds is 6. The molecule has 1 N–H and O–H groups in total. The summed E-state index contributed by atoms with van der Waals surface area (Å²) in [6.07, 6.45) is 0.827. The number of halogens is 1. The molecule has 0 spiro atoms. The summed E-state index contributed by atoms with van der Waals surface area (Å²) in [5.41, 5.74) is -0.401. The molecule has 1 rings (SSSR count). The number of carbonyl (C=O) groups is 1. The highest BCUT2D eigenvalue weighted by molar-refractivity contribution is 7.90. The first kappa shape index (κ1) is 17.4. The van der Waals surface area contributed by atoms with E-state index in [0.29, 0.717) is 0 Å². The average molecular weight is 335 g/mol. The summed E-state index contributed by atoms with van der Waals surface area (Å²) in [4.78, 5) is 21.2. The molecular weight excluding hydrogens is 320 g/mol. The van der Waals surface area contributed by atoms with Crippen LogP contribution >= 0.6 is 11.6 Å². The van der Waals surface area contributed by atoms with Crippen molar-refractivity contribution in [2.24, 2.45) is 5.92 Å². The van der Waals surface area contributed by atoms with Crippen molar-refractivity contribution in [3.05, 3.63) is 33.3 Å². The van der Waals surface area contributed by atoms with Crippen LogP contribution in [0.3, 0.4) is 0 Å². The molecule has 1 aromatic rings. The van der Waals surface area contributed by atoms with E-state index in [1.807, 2.05) is 18.6 Å². The lowest BCUT2D eigenvalue weighted by Gasteiger charge is -2.10. The van der Waals surface area contributed by atoms with Crippen molar-refractivity contribution in [3.8, 4) is 0 Å². The van der Waals surface area contributed by atoms with E-state index in [1.165, 1.54) is 0 Å². The van der Waals surface area contributed by atoms with Crippen molar-refractivity contribution in [1.29, 1.82) is 0 Å². The minimum Gasteiger partial charge on any atom is -0.274 e. The summed E-state index contributed by atoms with van der Waals surface area (Å²) in [5, 5.41) is 10.3. The Kier molecular flexibility index (Phi) is 5.68. The van der Waals surface area contributed by atoms with Crippen molar-refractivity contribution in [1.82, 2.24) is 4.72 Å². The highest BCUT2D eigenvalue weighted by atomic mass is 35.5. The molecule has 0 bridgehead atoms. The maximum Gasteiger partial charge on any atom is 0.287 e. The third-order valence-corrected chi connectivity index (χ3v) is 4.58. The van der Waals surface area contributed by atoms with Crippen LogP contribution in [-0.2, 0) is 14.8 Å². The lowest BCUT2D eigenvalue weighted by molar-refractivity contribution is -0.384. The van der Waals surface area contributed by atoms with E-state index < -0.39 is 26.5 Å². The van der Waals surface area contributed by atoms with Crippen molar-refractivity contribution >= 4 is 33.2 Å². The molecule has 0 aromatic heterocycles. The predicted molar refractivity (Wildman–Crippen MR) is 77.5 cm³/mol. The first-order valence-corrected chi connectivity index (χ1v) is 8.03. The quantitative estimate of drug-likeness (QED) is 0.635. The number of nitrogens with one attached hydrogen (secondary N) is 1. The summed E-state index contributed by atoms with van der Waals surface area (Å²) in [6.45, 7) is 3.72. The van der Waals surface area contributed by atoms with Gasteiger partial charge in [-0.05, 0) is 18.1 Å². The van der Waals surface area contributed by atoms with Crippen LogP contribution in [0.2, 0.25) is 5.02 Å². The number of nitro benzene ring substituents is 1. The Morgan fingerprint density at radius 2 is 2.10 bits per heavy atom. The molecule has 1 aromatic carbocycles. The molecule has 0 aliphatic carbocycles. The maximum absolute atomic E-state index is 12.0. The number of sulfonamides is 1. The molecule has 7 nitrogen and oxygen atoms in total. The van der Waals surface area contributed by atoms with Crippen LogP contribution in [0, 0.1) is 16.0 Å². The van der Waals surface area contributed by atoms with E-state index in [2.05, 4.69) is 0 Å². The Bertz CT molecular complexity index is 660. The minimum atomic E-state index is -4.08. The van der Waals surface area contributed by atoms with E-state index in [-0.39, 0.29) is 22.3 Å². The maximum atomic E-state index is 12.0. The van der Waals surface area contributed by atoms with Gasteiger partial charge in [-0.15, -0.1) is 0 Å². The molecule has 0 radical (unpaired) electrons. The molecule has 1 amide bonds. The normalized spacial score (nSPS) is 12.7. The first-order chi connectivity index (χ1) is 9.67. The van der Waals surface area contributed by atoms with Crippen LogP contribution in [0.4, 0.5) is 5.69 Å². The summed E-state index contributed by atoms with van der Waals surface area (Å²) in [6, 6.07) is 2.96. The van der Waals surface area contributed by atoms with Crippen LogP contribution in [0.5, 0.6) is 0 Å². The molecule has 0 fully saturated rings. The predicted octanol–water partition coefficient (Wildman–Crippen LogP) is 2.49. The van der Waals surface area contributed by atoms with Crippen LogP contribution in [0.15, 0.2) is 23.1 Å². The largest absolute Gasteiger partial charge is 0.287 e. The molecule has 0 aliphatic heterocycles. The fraction of sp³-hybridized carbons (Fsp3) is 0.417. The Labute approximate surface area is 127 Å². The zero-order chi connectivity index (χ0) is 16.2. The van der Waals surface area contributed by atoms with E-state index in [0.717, 1.165) is 24.6 Å².